The van der Waals surface area contributed by atoms with E-state index in [4.69, 9.17) is 9.47 Å². The molecule has 2 nitrogen and oxygen atoms in total. The van der Waals surface area contributed by atoms with E-state index in [0.29, 0.717) is 11.1 Å². The Morgan fingerprint density at radius 3 is 2.50 bits per heavy atom. The molecule has 0 aliphatic heterocycles. The lowest BCUT2D eigenvalue weighted by Gasteiger charge is -2.15. The van der Waals surface area contributed by atoms with Crippen molar-refractivity contribution in [2.24, 2.45) is 0 Å². The van der Waals surface area contributed by atoms with E-state index >= 15 is 0 Å². The van der Waals surface area contributed by atoms with Crippen LogP contribution in [0.25, 0.3) is 0 Å². The molecule has 1 rings (SSSR count). The Kier molecular flexibility index (Phi) is 5.97. The third kappa shape index (κ3) is 4.46. The molecule has 0 spiro atoms. The minimum atomic E-state index is -4.44. The van der Waals surface area contributed by atoms with E-state index in [2.05, 4.69) is 28.6 Å². The number of alkyl halides is 3. The molecule has 0 aliphatic carbocycles. The summed E-state index contributed by atoms with van der Waals surface area (Å²) in [5.41, 5.74) is -0.710. The summed E-state index contributed by atoms with van der Waals surface area (Å²) in [6, 6.07) is 2.48. The highest BCUT2D eigenvalue weighted by Crippen LogP contribution is 2.37. The Labute approximate surface area is 117 Å². The van der Waals surface area contributed by atoms with Gasteiger partial charge in [-0.15, -0.1) is 12.6 Å². The lowest BCUT2D eigenvalue weighted by atomic mass is 10.1. The van der Waals surface area contributed by atoms with E-state index in [1.54, 1.807) is 6.92 Å². The quantitative estimate of drug-likeness (QED) is 0.488. The Morgan fingerprint density at radius 1 is 1.28 bits per heavy atom. The smallest absolute Gasteiger partial charge is 0.356 e. The fraction of sp³-hybridized carbons (Fsp3) is 0.455. The summed E-state index contributed by atoms with van der Waals surface area (Å²) in [4.78, 5) is 0.239. The summed E-state index contributed by atoms with van der Waals surface area (Å²) >= 11 is 7.02. The molecule has 102 valence electrons. The number of benzene rings is 1. The molecule has 1 aromatic rings. The molecule has 0 N–H and O–H groups in total. The maximum absolute atomic E-state index is 12.8. The summed E-state index contributed by atoms with van der Waals surface area (Å²) in [5, 5.41) is 0. The van der Waals surface area contributed by atoms with Gasteiger partial charge in [0.1, 0.15) is 6.79 Å². The molecule has 0 heterocycles. The van der Waals surface area contributed by atoms with Crippen molar-refractivity contribution in [3.8, 4) is 0 Å². The molecule has 0 fully saturated rings. The van der Waals surface area contributed by atoms with Crippen molar-refractivity contribution in [3.05, 3.63) is 27.7 Å². The fourth-order valence-electron chi connectivity index (χ4n) is 1.31. The number of ether oxygens (including phenoxy) is 2. The highest BCUT2D eigenvalue weighted by molar-refractivity contribution is 9.10. The number of hydrogen-bond acceptors (Lipinski definition) is 3. The first-order chi connectivity index (χ1) is 8.36. The molecular weight excluding hydrogens is 333 g/mol. The number of halogens is 4. The molecule has 0 amide bonds. The zero-order valence-electron chi connectivity index (χ0n) is 9.55. The molecule has 0 aromatic heterocycles. The van der Waals surface area contributed by atoms with Gasteiger partial charge in [-0.25, -0.2) is 0 Å². The molecule has 18 heavy (non-hydrogen) atoms. The standard InChI is InChI=1S/C11H12BrF3O2S/c1-2-16-6-17-5-8-9(11(13,14)15)3-7(18)4-10(8)12/h3-4,18H,2,5-6H2,1H3. The average molecular weight is 345 g/mol. The van der Waals surface area contributed by atoms with E-state index in [1.165, 1.54) is 6.07 Å². The van der Waals surface area contributed by atoms with Crippen molar-refractivity contribution in [2.75, 3.05) is 13.4 Å². The minimum absolute atomic E-state index is 0.0388. The van der Waals surface area contributed by atoms with Crippen LogP contribution in [0.3, 0.4) is 0 Å². The van der Waals surface area contributed by atoms with Crippen molar-refractivity contribution in [1.82, 2.24) is 0 Å². The van der Waals surface area contributed by atoms with Gasteiger partial charge in [-0.2, -0.15) is 13.2 Å². The Hall–Kier alpha value is -0.240. The summed E-state index contributed by atoms with van der Waals surface area (Å²) in [5.74, 6) is 0. The number of hydrogen-bond donors (Lipinski definition) is 1. The largest absolute Gasteiger partial charge is 0.416 e. The van der Waals surface area contributed by atoms with Crippen LogP contribution < -0.4 is 0 Å². The predicted octanol–water partition coefficient (Wildman–Crippen LogP) is 4.27. The molecule has 0 saturated carbocycles. The van der Waals surface area contributed by atoms with Crippen LogP contribution in [-0.2, 0) is 22.3 Å². The highest BCUT2D eigenvalue weighted by Gasteiger charge is 2.34. The maximum atomic E-state index is 12.8. The molecule has 1 aromatic carbocycles. The van der Waals surface area contributed by atoms with Crippen LogP contribution in [0.5, 0.6) is 0 Å². The summed E-state index contributed by atoms with van der Waals surface area (Å²) in [6.07, 6.45) is -4.44. The van der Waals surface area contributed by atoms with Gasteiger partial charge >= 0.3 is 6.18 Å². The van der Waals surface area contributed by atoms with Gasteiger partial charge in [0, 0.05) is 21.5 Å². The molecule has 0 radical (unpaired) electrons. The molecule has 0 bridgehead atoms. The Morgan fingerprint density at radius 2 is 1.94 bits per heavy atom. The van der Waals surface area contributed by atoms with Crippen LogP contribution in [0.2, 0.25) is 0 Å². The van der Waals surface area contributed by atoms with Crippen molar-refractivity contribution >= 4 is 28.6 Å². The Balaban J connectivity index is 2.94. The van der Waals surface area contributed by atoms with Crippen LogP contribution in [0.15, 0.2) is 21.5 Å². The second-order valence-electron chi connectivity index (χ2n) is 3.41. The van der Waals surface area contributed by atoms with Crippen molar-refractivity contribution in [2.45, 2.75) is 24.6 Å². The average Bonchev–Trinajstić information content (AvgIpc) is 2.24. The number of rotatable bonds is 5. The van der Waals surface area contributed by atoms with E-state index in [9.17, 15) is 13.2 Å². The third-order valence-corrected chi connectivity index (χ3v) is 3.07. The summed E-state index contributed by atoms with van der Waals surface area (Å²) in [7, 11) is 0. The molecule has 0 saturated heterocycles. The maximum Gasteiger partial charge on any atom is 0.416 e. The van der Waals surface area contributed by atoms with Crippen molar-refractivity contribution in [1.29, 1.82) is 0 Å². The zero-order valence-corrected chi connectivity index (χ0v) is 12.0. The van der Waals surface area contributed by atoms with Crippen molar-refractivity contribution in [3.63, 3.8) is 0 Å². The molecule has 0 atom stereocenters. The lowest BCUT2D eigenvalue weighted by molar-refractivity contribution is -0.140. The van der Waals surface area contributed by atoms with Gasteiger partial charge < -0.3 is 9.47 Å². The highest BCUT2D eigenvalue weighted by atomic mass is 79.9. The van der Waals surface area contributed by atoms with Gasteiger partial charge in [-0.05, 0) is 19.1 Å². The molecular formula is C11H12BrF3O2S. The summed E-state index contributed by atoms with van der Waals surface area (Å²) < 4.78 is 48.8. The van der Waals surface area contributed by atoms with Crippen LogP contribution in [0.4, 0.5) is 13.2 Å². The second-order valence-corrected chi connectivity index (χ2v) is 4.78. The van der Waals surface area contributed by atoms with Crippen LogP contribution >= 0.6 is 28.6 Å². The molecule has 0 unspecified atom stereocenters. The lowest BCUT2D eigenvalue weighted by Crippen LogP contribution is -2.12. The SMILES string of the molecule is CCOCOCc1c(Br)cc(S)cc1C(F)(F)F. The fourth-order valence-corrected chi connectivity index (χ4v) is 2.32. The van der Waals surface area contributed by atoms with Crippen LogP contribution in [0.1, 0.15) is 18.1 Å². The molecule has 0 aliphatic rings. The van der Waals surface area contributed by atoms with Crippen LogP contribution in [0, 0.1) is 0 Å². The normalized spacial score (nSPS) is 11.9. The van der Waals surface area contributed by atoms with Gasteiger partial charge in [0.2, 0.25) is 0 Å². The van der Waals surface area contributed by atoms with Gasteiger partial charge in [-0.3, -0.25) is 0 Å². The minimum Gasteiger partial charge on any atom is -0.356 e. The topological polar surface area (TPSA) is 18.5 Å². The first-order valence-corrected chi connectivity index (χ1v) is 6.34. The van der Waals surface area contributed by atoms with E-state index < -0.39 is 11.7 Å². The molecule has 7 heteroatoms. The van der Waals surface area contributed by atoms with Crippen molar-refractivity contribution < 1.29 is 22.6 Å². The zero-order chi connectivity index (χ0) is 13.8. The van der Waals surface area contributed by atoms with Crippen LogP contribution in [-0.4, -0.2) is 13.4 Å². The van der Waals surface area contributed by atoms with E-state index in [1.807, 2.05) is 0 Å². The summed E-state index contributed by atoms with van der Waals surface area (Å²) in [6.45, 7) is 2.01. The first kappa shape index (κ1) is 15.8. The van der Waals surface area contributed by atoms with E-state index in [-0.39, 0.29) is 23.9 Å². The second kappa shape index (κ2) is 6.79. The third-order valence-electron chi connectivity index (χ3n) is 2.10. The number of thiol groups is 1. The van der Waals surface area contributed by atoms with Gasteiger partial charge in [-0.1, -0.05) is 15.9 Å². The Bertz CT molecular complexity index is 410. The monoisotopic (exact) mass is 344 g/mol. The van der Waals surface area contributed by atoms with Gasteiger partial charge in [0.15, 0.2) is 0 Å². The van der Waals surface area contributed by atoms with E-state index in [0.717, 1.165) is 6.07 Å². The predicted molar refractivity (Wildman–Crippen MR) is 67.7 cm³/mol. The van der Waals surface area contributed by atoms with Gasteiger partial charge in [0.05, 0.1) is 12.2 Å². The van der Waals surface area contributed by atoms with Gasteiger partial charge in [0.25, 0.3) is 0 Å². The first-order valence-electron chi connectivity index (χ1n) is 5.10.